The first-order valence-electron chi connectivity index (χ1n) is 14.8. The van der Waals surface area contributed by atoms with Crippen molar-refractivity contribution in [3.63, 3.8) is 0 Å². The van der Waals surface area contributed by atoms with E-state index in [0.29, 0.717) is 47.4 Å². The van der Waals surface area contributed by atoms with Crippen molar-refractivity contribution in [2.24, 2.45) is 0 Å². The maximum Gasteiger partial charge on any atom is 0.407 e. The molecule has 4 aromatic rings. The van der Waals surface area contributed by atoms with E-state index in [-0.39, 0.29) is 42.3 Å². The zero-order chi connectivity index (χ0) is 31.0. The average molecular weight is 617 g/mol. The van der Waals surface area contributed by atoms with Crippen LogP contribution in [-0.2, 0) is 6.42 Å². The van der Waals surface area contributed by atoms with Crippen LogP contribution in [0.4, 0.5) is 17.6 Å². The number of amides is 1. The molecule has 5 atom stereocenters. The lowest BCUT2D eigenvalue weighted by Crippen LogP contribution is -2.52. The van der Waals surface area contributed by atoms with Gasteiger partial charge in [-0.1, -0.05) is 17.3 Å². The number of nitrogens with one attached hydrogen (secondary N) is 4. The summed E-state index contributed by atoms with van der Waals surface area (Å²) >= 11 is 0. The molecule has 5 heterocycles. The van der Waals surface area contributed by atoms with Crippen molar-refractivity contribution in [1.29, 1.82) is 0 Å². The second kappa shape index (κ2) is 12.3. The molecule has 44 heavy (non-hydrogen) atoms. The number of hydrogen-bond acceptors (Lipinski definition) is 7. The minimum Gasteiger partial charge on any atom is -0.367 e. The third-order valence-electron chi connectivity index (χ3n) is 8.79. The predicted octanol–water partition coefficient (Wildman–Crippen LogP) is 4.22. The molecule has 1 aromatic carbocycles. The Morgan fingerprint density at radius 2 is 2.05 bits per heavy atom. The van der Waals surface area contributed by atoms with Crippen molar-refractivity contribution in [1.82, 2.24) is 40.5 Å². The molecule has 3 aromatic heterocycles. The van der Waals surface area contributed by atoms with Crippen LogP contribution in [0.3, 0.4) is 0 Å². The number of aromatic nitrogens is 4. The van der Waals surface area contributed by atoms with Gasteiger partial charge in [0.25, 0.3) is 5.91 Å². The number of piperidine rings is 2. The van der Waals surface area contributed by atoms with Gasteiger partial charge in [0, 0.05) is 60.9 Å². The second-order valence-corrected chi connectivity index (χ2v) is 12.0. The molecule has 2 aliphatic heterocycles. The number of aromatic amines is 2. The van der Waals surface area contributed by atoms with Crippen LogP contribution in [0.1, 0.15) is 47.1 Å². The molecule has 2 aliphatic rings. The van der Waals surface area contributed by atoms with Gasteiger partial charge >= 0.3 is 6.18 Å². The van der Waals surface area contributed by atoms with Gasteiger partial charge in [0.2, 0.25) is 11.7 Å². The van der Waals surface area contributed by atoms with Crippen LogP contribution in [0.25, 0.3) is 22.4 Å². The summed E-state index contributed by atoms with van der Waals surface area (Å²) in [7, 11) is 3.76. The number of likely N-dealkylation sites (tertiary alicyclic amines) is 2. The highest BCUT2D eigenvalue weighted by Crippen LogP contribution is 2.38. The van der Waals surface area contributed by atoms with E-state index in [2.05, 4.69) is 35.6 Å². The molecule has 0 saturated carbocycles. The van der Waals surface area contributed by atoms with Gasteiger partial charge in [0.15, 0.2) is 0 Å². The van der Waals surface area contributed by atoms with Gasteiger partial charge in [0.1, 0.15) is 12.2 Å². The van der Waals surface area contributed by atoms with Gasteiger partial charge in [0.05, 0.1) is 11.3 Å². The third-order valence-corrected chi connectivity index (χ3v) is 8.79. The first-order chi connectivity index (χ1) is 21.0. The summed E-state index contributed by atoms with van der Waals surface area (Å²) in [4.78, 5) is 27.0. The molecule has 10 nitrogen and oxygen atoms in total. The molecule has 1 amide bonds. The molecule has 0 radical (unpaired) electrons. The molecule has 2 fully saturated rings. The van der Waals surface area contributed by atoms with Gasteiger partial charge in [-0.15, -0.1) is 0 Å². The van der Waals surface area contributed by atoms with E-state index in [1.807, 2.05) is 7.05 Å². The smallest absolute Gasteiger partial charge is 0.367 e. The van der Waals surface area contributed by atoms with Crippen LogP contribution >= 0.6 is 0 Å². The standard InChI is InChI=1S/C30H36F4N8O2/c1-41-10-8-24(22(31)16-41)38-27(30(32,33)34)20-4-3-5-23-21(20)14-25(37-23)28-39-26(44-40-28)13-19-12-18(7-11-42(19)2)36-29(43)17-6-9-35-15-17/h3-6,9,14-15,18-19,22,24,27,35,37-38H,7-8,10-13,16H2,1-2H3,(H,36,43)/t18?,19?,22-,24+,27?/m0/s1. The Labute approximate surface area is 251 Å². The number of likely N-dealkylation sites (N-methyl/N-ethyl adjacent to an activating group) is 1. The number of H-pyrrole nitrogens is 2. The van der Waals surface area contributed by atoms with Gasteiger partial charge in [-0.2, -0.15) is 18.2 Å². The van der Waals surface area contributed by atoms with Crippen molar-refractivity contribution in [2.75, 3.05) is 33.7 Å². The summed E-state index contributed by atoms with van der Waals surface area (Å²) in [6, 6.07) is 5.03. The summed E-state index contributed by atoms with van der Waals surface area (Å²) in [6.45, 7) is 1.38. The minimum absolute atomic E-state index is 0.00362. The zero-order valence-electron chi connectivity index (χ0n) is 24.5. The maximum absolute atomic E-state index is 14.7. The summed E-state index contributed by atoms with van der Waals surface area (Å²) in [6.07, 6.45) is -0.451. The molecular formula is C30H36F4N8O2. The minimum atomic E-state index is -4.64. The number of benzene rings is 1. The zero-order valence-corrected chi connectivity index (χ0v) is 24.5. The van der Waals surface area contributed by atoms with E-state index >= 15 is 0 Å². The number of halogens is 4. The molecule has 14 heteroatoms. The fraction of sp³-hybridized carbons (Fsp3) is 0.500. The number of nitrogens with zero attached hydrogens (tertiary/aromatic N) is 4. The Balaban J connectivity index is 1.18. The largest absolute Gasteiger partial charge is 0.407 e. The number of fused-ring (bicyclic) bond motifs is 1. The van der Waals surface area contributed by atoms with E-state index in [9.17, 15) is 22.4 Å². The van der Waals surface area contributed by atoms with E-state index in [4.69, 9.17) is 4.52 Å². The highest BCUT2D eigenvalue weighted by atomic mass is 19.4. The molecule has 236 valence electrons. The summed E-state index contributed by atoms with van der Waals surface area (Å²) in [5.41, 5.74) is 1.48. The van der Waals surface area contributed by atoms with Gasteiger partial charge in [-0.25, -0.2) is 4.39 Å². The highest BCUT2D eigenvalue weighted by Gasteiger charge is 2.44. The number of carbonyl (C=O) groups excluding carboxylic acids is 1. The number of rotatable bonds is 8. The molecule has 4 N–H and O–H groups in total. The van der Waals surface area contributed by atoms with Gasteiger partial charge in [-0.05, 0) is 63.7 Å². The van der Waals surface area contributed by atoms with Crippen molar-refractivity contribution in [3.8, 4) is 11.5 Å². The SMILES string of the molecule is CN1CC[C@@H](NC(c2cccc3[nH]c(-c4noc(CC5CC(NC(=O)c6cc[nH]c6)CCN5C)n4)cc23)C(F)(F)F)[C@@H](F)C1. The molecule has 0 spiro atoms. The molecule has 3 unspecified atom stereocenters. The number of alkyl halides is 4. The van der Waals surface area contributed by atoms with Gasteiger partial charge < -0.3 is 29.6 Å². The Morgan fingerprint density at radius 1 is 1.20 bits per heavy atom. The molecule has 6 rings (SSSR count). The van der Waals surface area contributed by atoms with Crippen LogP contribution < -0.4 is 10.6 Å². The van der Waals surface area contributed by atoms with Gasteiger partial charge in [-0.3, -0.25) is 10.1 Å². The lowest BCUT2D eigenvalue weighted by atomic mass is 9.95. The Kier molecular flexibility index (Phi) is 8.49. The average Bonchev–Trinajstić information content (AvgIpc) is 3.75. The van der Waals surface area contributed by atoms with Crippen LogP contribution in [-0.4, -0.2) is 100 Å². The lowest BCUT2D eigenvalue weighted by molar-refractivity contribution is -0.161. The van der Waals surface area contributed by atoms with Crippen LogP contribution in [0.15, 0.2) is 47.2 Å². The van der Waals surface area contributed by atoms with Crippen molar-refractivity contribution >= 4 is 16.8 Å². The summed E-state index contributed by atoms with van der Waals surface area (Å²) < 4.78 is 63.4. The number of carbonyl (C=O) groups is 1. The maximum atomic E-state index is 14.7. The van der Waals surface area contributed by atoms with Crippen LogP contribution in [0, 0.1) is 0 Å². The van der Waals surface area contributed by atoms with E-state index in [0.717, 1.165) is 13.0 Å². The molecule has 0 bridgehead atoms. The molecule has 0 aliphatic carbocycles. The Bertz CT molecular complexity index is 1570. The van der Waals surface area contributed by atoms with E-state index < -0.39 is 24.4 Å². The first-order valence-corrected chi connectivity index (χ1v) is 14.8. The summed E-state index contributed by atoms with van der Waals surface area (Å²) in [5, 5.41) is 10.1. The first kappa shape index (κ1) is 30.3. The topological polar surface area (TPSA) is 118 Å². The summed E-state index contributed by atoms with van der Waals surface area (Å²) in [5.74, 6) is 0.490. The Hall–Kier alpha value is -3.75. The monoisotopic (exact) mass is 616 g/mol. The van der Waals surface area contributed by atoms with E-state index in [1.165, 1.54) is 6.07 Å². The third kappa shape index (κ3) is 6.52. The second-order valence-electron chi connectivity index (χ2n) is 12.0. The van der Waals surface area contributed by atoms with Crippen molar-refractivity contribution in [3.05, 3.63) is 59.7 Å². The number of hydrogen-bond donors (Lipinski definition) is 4. The van der Waals surface area contributed by atoms with E-state index in [1.54, 1.807) is 48.6 Å². The highest BCUT2D eigenvalue weighted by molar-refractivity contribution is 5.94. The lowest BCUT2D eigenvalue weighted by Gasteiger charge is -2.36. The quantitative estimate of drug-likeness (QED) is 0.219. The fourth-order valence-corrected chi connectivity index (χ4v) is 6.29. The predicted molar refractivity (Wildman–Crippen MR) is 156 cm³/mol. The van der Waals surface area contributed by atoms with Crippen molar-refractivity contribution in [2.45, 2.75) is 62.2 Å². The Morgan fingerprint density at radius 3 is 2.80 bits per heavy atom. The molecule has 2 saturated heterocycles. The fourth-order valence-electron chi connectivity index (χ4n) is 6.29. The van der Waals surface area contributed by atoms with Crippen LogP contribution in [0.5, 0.6) is 0 Å². The molecular weight excluding hydrogens is 580 g/mol. The normalized spacial score (nSPS) is 24.5. The van der Waals surface area contributed by atoms with Crippen molar-refractivity contribution < 1.29 is 26.9 Å². The van der Waals surface area contributed by atoms with Crippen LogP contribution in [0.2, 0.25) is 0 Å².